The summed E-state index contributed by atoms with van der Waals surface area (Å²) in [5.74, 6) is 0.118. The van der Waals surface area contributed by atoms with Gasteiger partial charge in [0.15, 0.2) is 11.5 Å². The van der Waals surface area contributed by atoms with E-state index >= 15 is 0 Å². The minimum Gasteiger partial charge on any atom is -0.504 e. The summed E-state index contributed by atoms with van der Waals surface area (Å²) in [6.45, 7) is 7.43. The van der Waals surface area contributed by atoms with Gasteiger partial charge in [0.25, 0.3) is 5.91 Å². The number of hydrogen-bond donors (Lipinski definition) is 1. The van der Waals surface area contributed by atoms with Crippen LogP contribution in [-0.4, -0.2) is 60.1 Å². The molecule has 1 heterocycles. The van der Waals surface area contributed by atoms with E-state index in [1.165, 1.54) is 7.11 Å². The highest BCUT2D eigenvalue weighted by Crippen LogP contribution is 2.30. The number of carbonyl (C=O) groups excluding carboxylic acids is 1. The van der Waals surface area contributed by atoms with Gasteiger partial charge in [0.2, 0.25) is 0 Å². The number of nitrogens with zero attached hydrogens (tertiary/aromatic N) is 2. The monoisotopic (exact) mass is 278 g/mol. The molecule has 20 heavy (non-hydrogen) atoms. The number of rotatable bonds is 3. The molecule has 0 aromatic heterocycles. The topological polar surface area (TPSA) is 53.0 Å². The summed E-state index contributed by atoms with van der Waals surface area (Å²) < 4.78 is 5.04. The summed E-state index contributed by atoms with van der Waals surface area (Å²) in [5, 5.41) is 10.0. The molecule has 1 N–H and O–H groups in total. The molecule has 0 aliphatic carbocycles. The van der Waals surface area contributed by atoms with Crippen LogP contribution in [0.2, 0.25) is 0 Å². The van der Waals surface area contributed by atoms with Gasteiger partial charge in [-0.05, 0) is 26.0 Å². The number of methoxy groups -OCH3 is 1. The van der Waals surface area contributed by atoms with Crippen LogP contribution in [0.3, 0.4) is 0 Å². The molecule has 0 radical (unpaired) electrons. The Balaban J connectivity index is 2.09. The maximum Gasteiger partial charge on any atom is 0.257 e. The Morgan fingerprint density at radius 2 is 1.90 bits per heavy atom. The fourth-order valence-corrected chi connectivity index (χ4v) is 2.47. The maximum atomic E-state index is 12.5. The smallest absolute Gasteiger partial charge is 0.257 e. The first-order valence-corrected chi connectivity index (χ1v) is 6.94. The Labute approximate surface area is 119 Å². The van der Waals surface area contributed by atoms with Crippen LogP contribution in [0.1, 0.15) is 24.2 Å². The Bertz CT molecular complexity index is 480. The zero-order valence-electron chi connectivity index (χ0n) is 12.3. The number of para-hydroxylation sites is 1. The molecule has 1 amide bonds. The third kappa shape index (κ3) is 2.88. The highest BCUT2D eigenvalue weighted by Gasteiger charge is 2.25. The van der Waals surface area contributed by atoms with E-state index in [1.807, 2.05) is 0 Å². The molecule has 1 aliphatic rings. The van der Waals surface area contributed by atoms with Crippen LogP contribution >= 0.6 is 0 Å². The number of carbonyl (C=O) groups is 1. The van der Waals surface area contributed by atoms with Crippen molar-refractivity contribution in [3.05, 3.63) is 23.8 Å². The summed E-state index contributed by atoms with van der Waals surface area (Å²) in [6.07, 6.45) is 0. The van der Waals surface area contributed by atoms with Crippen molar-refractivity contribution in [2.24, 2.45) is 0 Å². The Hall–Kier alpha value is -1.75. The minimum absolute atomic E-state index is 0.0775. The fourth-order valence-electron chi connectivity index (χ4n) is 2.47. The molecule has 0 saturated carbocycles. The predicted molar refractivity (Wildman–Crippen MR) is 77.3 cm³/mol. The summed E-state index contributed by atoms with van der Waals surface area (Å²) in [6, 6.07) is 5.49. The first-order chi connectivity index (χ1) is 9.54. The molecule has 1 saturated heterocycles. The number of phenols is 1. The summed E-state index contributed by atoms with van der Waals surface area (Å²) in [4.78, 5) is 16.6. The van der Waals surface area contributed by atoms with Crippen LogP contribution in [0.25, 0.3) is 0 Å². The van der Waals surface area contributed by atoms with Crippen molar-refractivity contribution in [2.45, 2.75) is 19.9 Å². The maximum absolute atomic E-state index is 12.5. The summed E-state index contributed by atoms with van der Waals surface area (Å²) in [5.41, 5.74) is 0.308. The van der Waals surface area contributed by atoms with Crippen LogP contribution in [0.15, 0.2) is 18.2 Å². The van der Waals surface area contributed by atoms with Crippen LogP contribution < -0.4 is 4.74 Å². The van der Waals surface area contributed by atoms with Gasteiger partial charge in [0.1, 0.15) is 0 Å². The Kier molecular flexibility index (Phi) is 4.49. The molecular weight excluding hydrogens is 256 g/mol. The van der Waals surface area contributed by atoms with Crippen molar-refractivity contribution in [1.82, 2.24) is 9.80 Å². The van der Waals surface area contributed by atoms with Crippen molar-refractivity contribution in [3.8, 4) is 11.5 Å². The van der Waals surface area contributed by atoms with Crippen LogP contribution in [0, 0.1) is 0 Å². The van der Waals surface area contributed by atoms with Gasteiger partial charge in [-0.15, -0.1) is 0 Å². The first kappa shape index (κ1) is 14.7. The lowest BCUT2D eigenvalue weighted by molar-refractivity contribution is 0.0592. The van der Waals surface area contributed by atoms with E-state index in [4.69, 9.17) is 4.74 Å². The second-order valence-electron chi connectivity index (χ2n) is 5.28. The number of benzene rings is 1. The highest BCUT2D eigenvalue weighted by atomic mass is 16.5. The quantitative estimate of drug-likeness (QED) is 0.912. The van der Waals surface area contributed by atoms with Crippen LogP contribution in [0.5, 0.6) is 11.5 Å². The highest BCUT2D eigenvalue weighted by molar-refractivity contribution is 5.97. The minimum atomic E-state index is -0.134. The molecule has 0 unspecified atom stereocenters. The number of piperazine rings is 1. The third-order valence-corrected chi connectivity index (χ3v) is 3.78. The second kappa shape index (κ2) is 6.13. The van der Waals surface area contributed by atoms with Crippen LogP contribution in [0.4, 0.5) is 0 Å². The van der Waals surface area contributed by atoms with Gasteiger partial charge in [0, 0.05) is 32.2 Å². The first-order valence-electron chi connectivity index (χ1n) is 6.94. The Morgan fingerprint density at radius 1 is 1.25 bits per heavy atom. The average Bonchev–Trinajstić information content (AvgIpc) is 2.47. The van der Waals surface area contributed by atoms with E-state index in [-0.39, 0.29) is 11.7 Å². The molecule has 1 fully saturated rings. The molecule has 1 aromatic rings. The largest absolute Gasteiger partial charge is 0.504 e. The second-order valence-corrected chi connectivity index (χ2v) is 5.28. The lowest BCUT2D eigenvalue weighted by Gasteiger charge is -2.37. The van der Waals surface area contributed by atoms with Gasteiger partial charge in [-0.2, -0.15) is 0 Å². The molecule has 110 valence electrons. The zero-order valence-corrected chi connectivity index (χ0v) is 12.3. The average molecular weight is 278 g/mol. The normalized spacial score (nSPS) is 16.5. The van der Waals surface area contributed by atoms with E-state index in [0.717, 1.165) is 13.1 Å². The van der Waals surface area contributed by atoms with E-state index < -0.39 is 0 Å². The summed E-state index contributed by atoms with van der Waals surface area (Å²) >= 11 is 0. The SMILES string of the molecule is COc1cccc(C(=O)N2CCN(C(C)C)CC2)c1O. The number of phenolic OH excluding ortho intramolecular Hbond substituents is 1. The van der Waals surface area contributed by atoms with Gasteiger partial charge in [0.05, 0.1) is 12.7 Å². The van der Waals surface area contributed by atoms with Gasteiger partial charge >= 0.3 is 0 Å². The molecule has 5 heteroatoms. The van der Waals surface area contributed by atoms with E-state index in [1.54, 1.807) is 23.1 Å². The molecule has 2 rings (SSSR count). The number of amides is 1. The summed E-state index contributed by atoms with van der Waals surface area (Å²) in [7, 11) is 1.48. The Morgan fingerprint density at radius 3 is 2.45 bits per heavy atom. The molecule has 5 nitrogen and oxygen atoms in total. The molecule has 0 spiro atoms. The molecular formula is C15H22N2O3. The number of hydrogen-bond acceptors (Lipinski definition) is 4. The van der Waals surface area contributed by atoms with E-state index in [9.17, 15) is 9.90 Å². The lowest BCUT2D eigenvalue weighted by atomic mass is 10.1. The third-order valence-electron chi connectivity index (χ3n) is 3.78. The van der Waals surface area contributed by atoms with E-state index in [2.05, 4.69) is 18.7 Å². The fraction of sp³-hybridized carbons (Fsp3) is 0.533. The van der Waals surface area contributed by atoms with Crippen molar-refractivity contribution in [2.75, 3.05) is 33.3 Å². The van der Waals surface area contributed by atoms with Crippen LogP contribution in [-0.2, 0) is 0 Å². The number of ether oxygens (including phenoxy) is 1. The molecule has 0 atom stereocenters. The van der Waals surface area contributed by atoms with E-state index in [0.29, 0.717) is 30.4 Å². The van der Waals surface area contributed by atoms with Crippen molar-refractivity contribution < 1.29 is 14.6 Å². The predicted octanol–water partition coefficient (Wildman–Crippen LogP) is 1.57. The number of aromatic hydroxyl groups is 1. The van der Waals surface area contributed by atoms with Crippen molar-refractivity contribution in [3.63, 3.8) is 0 Å². The van der Waals surface area contributed by atoms with Crippen molar-refractivity contribution in [1.29, 1.82) is 0 Å². The van der Waals surface area contributed by atoms with Crippen molar-refractivity contribution >= 4 is 5.91 Å². The van der Waals surface area contributed by atoms with Gasteiger partial charge in [-0.25, -0.2) is 0 Å². The lowest BCUT2D eigenvalue weighted by Crippen LogP contribution is -2.50. The zero-order chi connectivity index (χ0) is 14.7. The molecule has 1 aliphatic heterocycles. The molecule has 1 aromatic carbocycles. The van der Waals surface area contributed by atoms with Gasteiger partial charge in [-0.1, -0.05) is 6.07 Å². The standard InChI is InChI=1S/C15H22N2O3/c1-11(2)16-7-9-17(10-8-16)15(19)12-5-4-6-13(20-3)14(12)18/h4-6,11,18H,7-10H2,1-3H3. The van der Waals surface area contributed by atoms with Gasteiger partial charge in [-0.3, -0.25) is 9.69 Å². The molecule has 0 bridgehead atoms. The van der Waals surface area contributed by atoms with Gasteiger partial charge < -0.3 is 14.7 Å².